The summed E-state index contributed by atoms with van der Waals surface area (Å²) in [5, 5.41) is 16.8. The van der Waals surface area contributed by atoms with Crippen molar-refractivity contribution in [1.29, 1.82) is 0 Å². The van der Waals surface area contributed by atoms with Crippen molar-refractivity contribution in [1.82, 2.24) is 4.68 Å². The molecule has 3 rings (SSSR count). The number of hydrogen-bond donors (Lipinski definition) is 1. The molecule has 128 valence electrons. The van der Waals surface area contributed by atoms with Crippen LogP contribution >= 0.6 is 59.1 Å². The van der Waals surface area contributed by atoms with Gasteiger partial charge in [0, 0.05) is 32.5 Å². The average molecular weight is 546 g/mol. The molecule has 8 heteroatoms. The van der Waals surface area contributed by atoms with E-state index in [-0.39, 0.29) is 5.75 Å². The van der Waals surface area contributed by atoms with Crippen LogP contribution in [0.25, 0.3) is 11.3 Å². The number of halogens is 3. The van der Waals surface area contributed by atoms with E-state index in [4.69, 9.17) is 0 Å². The minimum Gasteiger partial charge on any atom is -0.506 e. The van der Waals surface area contributed by atoms with Crippen LogP contribution in [-0.4, -0.2) is 23.0 Å². The molecule has 0 amide bonds. The Morgan fingerprint density at radius 2 is 1.88 bits per heavy atom. The summed E-state index contributed by atoms with van der Waals surface area (Å²) in [5.41, 5.74) is 2.54. The maximum absolute atomic E-state index is 10.2. The minimum atomic E-state index is 0.139. The SMILES string of the molecule is CN=c1scc(-c2ccccc2Br)n1N=Cc1cc(Br)cc(Br)c1O. The first kappa shape index (κ1) is 18.6. The molecule has 0 atom stereocenters. The Bertz CT molecular complexity index is 1020. The molecule has 0 aliphatic heterocycles. The molecule has 0 aliphatic carbocycles. The first-order valence-corrected chi connectivity index (χ1v) is 10.4. The largest absolute Gasteiger partial charge is 0.506 e. The number of hydrogen-bond acceptors (Lipinski definition) is 4. The fourth-order valence-corrected chi connectivity index (χ4v) is 4.76. The van der Waals surface area contributed by atoms with Crippen LogP contribution in [0.4, 0.5) is 0 Å². The lowest BCUT2D eigenvalue weighted by molar-refractivity contribution is 0.471. The van der Waals surface area contributed by atoms with Gasteiger partial charge in [-0.2, -0.15) is 5.10 Å². The maximum atomic E-state index is 10.2. The molecule has 0 saturated carbocycles. The van der Waals surface area contributed by atoms with E-state index < -0.39 is 0 Å². The zero-order valence-corrected chi connectivity index (χ0v) is 18.5. The Morgan fingerprint density at radius 3 is 2.60 bits per heavy atom. The van der Waals surface area contributed by atoms with Crippen LogP contribution in [-0.2, 0) is 0 Å². The summed E-state index contributed by atoms with van der Waals surface area (Å²) in [7, 11) is 1.73. The van der Waals surface area contributed by atoms with Gasteiger partial charge in [-0.05, 0) is 34.1 Å². The van der Waals surface area contributed by atoms with E-state index in [0.29, 0.717) is 10.0 Å². The molecule has 4 nitrogen and oxygen atoms in total. The quantitative estimate of drug-likeness (QED) is 0.427. The lowest BCUT2D eigenvalue weighted by Crippen LogP contribution is -2.11. The summed E-state index contributed by atoms with van der Waals surface area (Å²) >= 11 is 11.8. The third-order valence-electron chi connectivity index (χ3n) is 3.40. The van der Waals surface area contributed by atoms with Gasteiger partial charge in [0.1, 0.15) is 5.75 Å². The fraction of sp³-hybridized carbons (Fsp3) is 0.0588. The second kappa shape index (κ2) is 7.99. The number of aromatic hydroxyl groups is 1. The Kier molecular flexibility index (Phi) is 5.93. The van der Waals surface area contributed by atoms with Crippen LogP contribution in [0.3, 0.4) is 0 Å². The van der Waals surface area contributed by atoms with E-state index in [1.165, 1.54) is 11.3 Å². The summed E-state index contributed by atoms with van der Waals surface area (Å²) in [6.07, 6.45) is 1.62. The number of benzene rings is 2. The van der Waals surface area contributed by atoms with E-state index in [2.05, 4.69) is 57.9 Å². The van der Waals surface area contributed by atoms with Gasteiger partial charge in [0.2, 0.25) is 4.80 Å². The predicted molar refractivity (Wildman–Crippen MR) is 113 cm³/mol. The topological polar surface area (TPSA) is 49.9 Å². The molecule has 0 radical (unpaired) electrons. The number of thiazole rings is 1. The van der Waals surface area contributed by atoms with Crippen LogP contribution in [0.1, 0.15) is 5.56 Å². The van der Waals surface area contributed by atoms with Crippen molar-refractivity contribution in [2.45, 2.75) is 0 Å². The number of phenols is 1. The van der Waals surface area contributed by atoms with Gasteiger partial charge >= 0.3 is 0 Å². The first-order chi connectivity index (χ1) is 12.0. The van der Waals surface area contributed by atoms with Crippen molar-refractivity contribution >= 4 is 65.3 Å². The Labute approximate surface area is 174 Å². The zero-order valence-electron chi connectivity index (χ0n) is 12.9. The molecule has 0 bridgehead atoms. The van der Waals surface area contributed by atoms with Crippen molar-refractivity contribution in [3.63, 3.8) is 0 Å². The van der Waals surface area contributed by atoms with Gasteiger partial charge in [-0.15, -0.1) is 11.3 Å². The van der Waals surface area contributed by atoms with E-state index in [1.54, 1.807) is 30.1 Å². The van der Waals surface area contributed by atoms with Crippen LogP contribution in [0.15, 0.2) is 65.3 Å². The monoisotopic (exact) mass is 543 g/mol. The molecule has 0 fully saturated rings. The van der Waals surface area contributed by atoms with Gasteiger partial charge in [0.15, 0.2) is 0 Å². The van der Waals surface area contributed by atoms with Crippen molar-refractivity contribution in [3.8, 4) is 17.0 Å². The number of nitrogens with zero attached hydrogens (tertiary/aromatic N) is 3. The van der Waals surface area contributed by atoms with E-state index in [0.717, 1.165) is 25.0 Å². The summed E-state index contributed by atoms with van der Waals surface area (Å²) < 4.78 is 4.19. The van der Waals surface area contributed by atoms with Crippen molar-refractivity contribution in [2.24, 2.45) is 10.1 Å². The third-order valence-corrected chi connectivity index (χ3v) is 6.06. The van der Waals surface area contributed by atoms with E-state index in [1.807, 2.05) is 29.6 Å². The molecular formula is C17H12Br3N3OS. The van der Waals surface area contributed by atoms with Gasteiger partial charge < -0.3 is 5.11 Å². The normalized spacial score (nSPS) is 12.2. The highest BCUT2D eigenvalue weighted by Crippen LogP contribution is 2.31. The Morgan fingerprint density at radius 1 is 1.12 bits per heavy atom. The molecule has 1 heterocycles. The van der Waals surface area contributed by atoms with Crippen molar-refractivity contribution in [2.75, 3.05) is 7.05 Å². The van der Waals surface area contributed by atoms with Gasteiger partial charge in [-0.1, -0.05) is 50.1 Å². The maximum Gasteiger partial charge on any atom is 0.205 e. The number of aromatic nitrogens is 1. The van der Waals surface area contributed by atoms with Crippen LogP contribution in [0.2, 0.25) is 0 Å². The highest BCUT2D eigenvalue weighted by atomic mass is 79.9. The molecule has 3 aromatic rings. The Balaban J connectivity index is 2.13. The van der Waals surface area contributed by atoms with Crippen molar-refractivity contribution in [3.05, 3.63) is 65.6 Å². The van der Waals surface area contributed by atoms with Crippen LogP contribution in [0.5, 0.6) is 5.75 Å². The summed E-state index contributed by atoms with van der Waals surface area (Å²) in [5.74, 6) is 0.139. The van der Waals surface area contributed by atoms with E-state index >= 15 is 0 Å². The first-order valence-electron chi connectivity index (χ1n) is 7.12. The van der Waals surface area contributed by atoms with Gasteiger partial charge in [-0.25, -0.2) is 4.68 Å². The third kappa shape index (κ3) is 3.97. The molecule has 25 heavy (non-hydrogen) atoms. The molecule has 0 spiro atoms. The summed E-state index contributed by atoms with van der Waals surface area (Å²) in [6.45, 7) is 0. The zero-order chi connectivity index (χ0) is 18.0. The molecule has 2 aromatic carbocycles. The van der Waals surface area contributed by atoms with Gasteiger partial charge in [-0.3, -0.25) is 4.99 Å². The molecular weight excluding hydrogens is 534 g/mol. The highest BCUT2D eigenvalue weighted by molar-refractivity contribution is 9.11. The van der Waals surface area contributed by atoms with Gasteiger partial charge in [0.25, 0.3) is 0 Å². The number of rotatable bonds is 3. The summed E-state index contributed by atoms with van der Waals surface area (Å²) in [6, 6.07) is 11.5. The second-order valence-electron chi connectivity index (χ2n) is 4.99. The predicted octanol–water partition coefficient (Wildman–Crippen LogP) is 5.62. The summed E-state index contributed by atoms with van der Waals surface area (Å²) in [4.78, 5) is 5.05. The van der Waals surface area contributed by atoms with Crippen LogP contribution in [0, 0.1) is 0 Å². The smallest absolute Gasteiger partial charge is 0.205 e. The molecule has 0 unspecified atom stereocenters. The van der Waals surface area contributed by atoms with E-state index in [9.17, 15) is 5.11 Å². The van der Waals surface area contributed by atoms with Crippen molar-refractivity contribution < 1.29 is 5.11 Å². The molecule has 0 aliphatic rings. The van der Waals surface area contributed by atoms with Gasteiger partial charge in [0.05, 0.1) is 16.4 Å². The minimum absolute atomic E-state index is 0.139. The second-order valence-corrected chi connectivity index (χ2v) is 8.45. The molecule has 0 saturated heterocycles. The highest BCUT2D eigenvalue weighted by Gasteiger charge is 2.11. The lowest BCUT2D eigenvalue weighted by atomic mass is 10.2. The molecule has 1 N–H and O–H groups in total. The fourth-order valence-electron chi connectivity index (χ4n) is 2.22. The average Bonchev–Trinajstić information content (AvgIpc) is 3.00. The number of phenolic OH excluding ortho intramolecular Hbond substituents is 1. The lowest BCUT2D eigenvalue weighted by Gasteiger charge is -2.06. The van der Waals surface area contributed by atoms with Crippen LogP contribution < -0.4 is 4.80 Å². The molecule has 1 aromatic heterocycles. The standard InChI is InChI=1S/C17H12Br3N3OS/c1-21-17-23(15(9-25-17)12-4-2-3-5-13(12)19)22-8-10-6-11(18)7-14(20)16(10)24/h2-9,24H,1H3. The Hall–Kier alpha value is -1.22.